The van der Waals surface area contributed by atoms with Gasteiger partial charge in [0.05, 0.1) is 0 Å². The van der Waals surface area contributed by atoms with E-state index in [4.69, 9.17) is 14.2 Å². The Kier molecular flexibility index (Phi) is 2.18. The van der Waals surface area contributed by atoms with E-state index < -0.39 is 11.4 Å². The molecule has 2 aliphatic rings. The van der Waals surface area contributed by atoms with Crippen molar-refractivity contribution in [2.75, 3.05) is 5.33 Å². The van der Waals surface area contributed by atoms with Crippen LogP contribution in [0.4, 0.5) is 0 Å². The van der Waals surface area contributed by atoms with Crippen molar-refractivity contribution in [3.05, 3.63) is 0 Å². The summed E-state index contributed by atoms with van der Waals surface area (Å²) in [6.45, 7) is 5.32. The predicted molar refractivity (Wildman–Crippen MR) is 52.1 cm³/mol. The molecule has 0 aromatic rings. The second-order valence-corrected chi connectivity index (χ2v) is 4.89. The van der Waals surface area contributed by atoms with Gasteiger partial charge in [-0.15, -0.1) is 0 Å². The van der Waals surface area contributed by atoms with E-state index in [1.807, 2.05) is 0 Å². The first-order valence-electron chi connectivity index (χ1n) is 4.54. The van der Waals surface area contributed by atoms with E-state index in [1.165, 1.54) is 0 Å². The maximum Gasteiger partial charge on any atom is 0.341 e. The van der Waals surface area contributed by atoms with Crippen LogP contribution in [0.15, 0.2) is 0 Å². The summed E-state index contributed by atoms with van der Waals surface area (Å²) in [5.41, 5.74) is -0.943. The number of halogens is 1. The van der Waals surface area contributed by atoms with Crippen molar-refractivity contribution >= 4 is 21.9 Å². The number of carbonyl (C=O) groups excluding carboxylic acids is 1. The number of ether oxygens (including phenoxy) is 3. The number of carbonyl (C=O) groups is 1. The molecule has 14 heavy (non-hydrogen) atoms. The minimum absolute atomic E-state index is 0.255. The summed E-state index contributed by atoms with van der Waals surface area (Å²) in [5.74, 6) is -1.04. The normalized spacial score (nSPS) is 45.0. The topological polar surface area (TPSA) is 44.8 Å². The zero-order valence-corrected chi connectivity index (χ0v) is 9.96. The fourth-order valence-corrected chi connectivity index (χ4v) is 2.50. The second kappa shape index (κ2) is 2.93. The third-order valence-electron chi connectivity index (χ3n) is 2.56. The molecular formula is C9H13BrO4. The summed E-state index contributed by atoms with van der Waals surface area (Å²) >= 11 is 3.29. The van der Waals surface area contributed by atoms with Crippen LogP contribution < -0.4 is 0 Å². The first-order chi connectivity index (χ1) is 6.39. The molecule has 3 atom stereocenters. The average molecular weight is 265 g/mol. The molecule has 0 aromatic heterocycles. The molecule has 2 heterocycles. The number of hydrogen-bond acceptors (Lipinski definition) is 4. The number of alkyl halides is 1. The minimum Gasteiger partial charge on any atom is -0.456 e. The van der Waals surface area contributed by atoms with Gasteiger partial charge in [-0.3, -0.25) is 0 Å². The Morgan fingerprint density at radius 2 is 2.07 bits per heavy atom. The fourth-order valence-electron chi connectivity index (χ4n) is 2.03. The lowest BCUT2D eigenvalue weighted by Crippen LogP contribution is -2.41. The maximum atomic E-state index is 11.6. The molecule has 0 radical (unpaired) electrons. The second-order valence-electron chi connectivity index (χ2n) is 4.25. The van der Waals surface area contributed by atoms with Crippen LogP contribution in [-0.4, -0.2) is 34.9 Å². The molecule has 80 valence electrons. The average Bonchev–Trinajstić information content (AvgIpc) is 2.42. The highest BCUT2D eigenvalue weighted by molar-refractivity contribution is 9.09. The Balaban J connectivity index is 2.30. The van der Waals surface area contributed by atoms with Crippen LogP contribution in [0.5, 0.6) is 0 Å². The first-order valence-corrected chi connectivity index (χ1v) is 5.66. The number of hydrogen-bond donors (Lipinski definition) is 0. The van der Waals surface area contributed by atoms with Crippen LogP contribution in [0.1, 0.15) is 20.8 Å². The maximum absolute atomic E-state index is 11.6. The summed E-state index contributed by atoms with van der Waals surface area (Å²) < 4.78 is 16.4. The van der Waals surface area contributed by atoms with E-state index in [0.717, 1.165) is 0 Å². The molecule has 0 N–H and O–H groups in total. The van der Waals surface area contributed by atoms with E-state index in [2.05, 4.69) is 15.9 Å². The van der Waals surface area contributed by atoms with Crippen LogP contribution in [0.25, 0.3) is 0 Å². The predicted octanol–water partition coefficient (Wildman–Crippen LogP) is 1.22. The zero-order chi connectivity index (χ0) is 10.6. The summed E-state index contributed by atoms with van der Waals surface area (Å²) in [4.78, 5) is 11.6. The van der Waals surface area contributed by atoms with Crippen LogP contribution in [0, 0.1) is 0 Å². The molecule has 2 aliphatic heterocycles. The van der Waals surface area contributed by atoms with Crippen molar-refractivity contribution in [1.29, 1.82) is 0 Å². The standard InChI is InChI=1S/C9H13BrO4/c1-8(2)13-6-5(4-10)12-7(11)9(6,3)14-8/h5-6H,4H2,1-3H3/t5-,6-,9-/m1/s1. The Labute approximate surface area is 91.0 Å². The van der Waals surface area contributed by atoms with E-state index >= 15 is 0 Å². The number of fused-ring (bicyclic) bond motifs is 1. The third kappa shape index (κ3) is 1.30. The van der Waals surface area contributed by atoms with E-state index in [-0.39, 0.29) is 18.2 Å². The molecule has 4 nitrogen and oxygen atoms in total. The van der Waals surface area contributed by atoms with Gasteiger partial charge >= 0.3 is 5.97 Å². The fraction of sp³-hybridized carbons (Fsp3) is 0.889. The first kappa shape index (κ1) is 10.4. The Hall–Kier alpha value is -0.130. The highest BCUT2D eigenvalue weighted by Gasteiger charge is 2.64. The SMILES string of the molecule is CC1(C)O[C@@H]2[C@@H](CBr)OC(=O)[C@]2(C)O1. The van der Waals surface area contributed by atoms with Crippen molar-refractivity contribution in [3.63, 3.8) is 0 Å². The lowest BCUT2D eigenvalue weighted by molar-refractivity contribution is -0.195. The Bertz CT molecular complexity index is 278. The minimum atomic E-state index is -0.943. The van der Waals surface area contributed by atoms with Crippen molar-refractivity contribution in [3.8, 4) is 0 Å². The van der Waals surface area contributed by atoms with Crippen LogP contribution in [0.2, 0.25) is 0 Å². The monoisotopic (exact) mass is 264 g/mol. The van der Waals surface area contributed by atoms with Crippen LogP contribution in [0.3, 0.4) is 0 Å². The Morgan fingerprint density at radius 3 is 2.64 bits per heavy atom. The van der Waals surface area contributed by atoms with Gasteiger partial charge in [0.1, 0.15) is 12.2 Å². The smallest absolute Gasteiger partial charge is 0.341 e. The molecule has 2 rings (SSSR count). The molecule has 0 saturated carbocycles. The molecule has 2 fully saturated rings. The van der Waals surface area contributed by atoms with Gasteiger partial charge in [0.25, 0.3) is 0 Å². The molecule has 0 spiro atoms. The molecule has 0 bridgehead atoms. The lowest BCUT2D eigenvalue weighted by atomic mass is 9.99. The highest BCUT2D eigenvalue weighted by Crippen LogP contribution is 2.43. The lowest BCUT2D eigenvalue weighted by Gasteiger charge is -2.21. The van der Waals surface area contributed by atoms with Crippen LogP contribution in [-0.2, 0) is 19.0 Å². The molecule has 0 aliphatic carbocycles. The molecule has 2 saturated heterocycles. The van der Waals surface area contributed by atoms with Crippen molar-refractivity contribution in [2.45, 2.75) is 44.4 Å². The van der Waals surface area contributed by atoms with Gasteiger partial charge in [0.15, 0.2) is 11.4 Å². The van der Waals surface area contributed by atoms with E-state index in [0.29, 0.717) is 5.33 Å². The van der Waals surface area contributed by atoms with Gasteiger partial charge in [-0.25, -0.2) is 4.79 Å². The van der Waals surface area contributed by atoms with Gasteiger partial charge in [0, 0.05) is 5.33 Å². The summed E-state index contributed by atoms with van der Waals surface area (Å²) in [6.07, 6.45) is -0.571. The van der Waals surface area contributed by atoms with Crippen molar-refractivity contribution in [1.82, 2.24) is 0 Å². The number of rotatable bonds is 1. The number of cyclic esters (lactones) is 1. The summed E-state index contributed by atoms with van der Waals surface area (Å²) in [7, 11) is 0. The molecule has 5 heteroatoms. The summed E-state index contributed by atoms with van der Waals surface area (Å²) in [6, 6.07) is 0. The van der Waals surface area contributed by atoms with E-state index in [9.17, 15) is 4.79 Å². The number of esters is 1. The van der Waals surface area contributed by atoms with Crippen molar-refractivity contribution in [2.24, 2.45) is 0 Å². The third-order valence-corrected chi connectivity index (χ3v) is 3.20. The van der Waals surface area contributed by atoms with Gasteiger partial charge in [-0.2, -0.15) is 0 Å². The quantitative estimate of drug-likeness (QED) is 0.528. The zero-order valence-electron chi connectivity index (χ0n) is 8.37. The van der Waals surface area contributed by atoms with E-state index in [1.54, 1.807) is 20.8 Å². The Morgan fingerprint density at radius 1 is 1.43 bits per heavy atom. The van der Waals surface area contributed by atoms with Gasteiger partial charge in [-0.05, 0) is 20.8 Å². The van der Waals surface area contributed by atoms with Gasteiger partial charge < -0.3 is 14.2 Å². The van der Waals surface area contributed by atoms with Crippen LogP contribution >= 0.6 is 15.9 Å². The molecular weight excluding hydrogens is 252 g/mol. The van der Waals surface area contributed by atoms with Gasteiger partial charge in [0.2, 0.25) is 0 Å². The van der Waals surface area contributed by atoms with Gasteiger partial charge in [-0.1, -0.05) is 15.9 Å². The molecule has 0 amide bonds. The molecule has 0 unspecified atom stereocenters. The summed E-state index contributed by atoms with van der Waals surface area (Å²) in [5, 5.41) is 0.568. The van der Waals surface area contributed by atoms with Crippen molar-refractivity contribution < 1.29 is 19.0 Å². The molecule has 0 aromatic carbocycles. The largest absolute Gasteiger partial charge is 0.456 e. The highest BCUT2D eigenvalue weighted by atomic mass is 79.9.